The minimum atomic E-state index is -0.188. The van der Waals surface area contributed by atoms with Gasteiger partial charge in [-0.25, -0.2) is 0 Å². The third kappa shape index (κ3) is 3.20. The Labute approximate surface area is 103 Å². The number of aliphatic hydroxyl groups excluding tert-OH is 1. The summed E-state index contributed by atoms with van der Waals surface area (Å²) >= 11 is 0. The van der Waals surface area contributed by atoms with E-state index in [1.165, 1.54) is 5.56 Å². The smallest absolute Gasteiger partial charge is 0.115 e. The Morgan fingerprint density at radius 1 is 1.29 bits per heavy atom. The number of likely N-dealkylation sites (tertiary alicyclic amines) is 1. The molecule has 3 heteroatoms. The molecule has 0 saturated carbocycles. The second-order valence-electron chi connectivity index (χ2n) is 4.88. The fourth-order valence-corrected chi connectivity index (χ4v) is 2.52. The molecular weight excluding hydrogens is 214 g/mol. The van der Waals surface area contributed by atoms with Crippen molar-refractivity contribution in [1.82, 2.24) is 4.90 Å². The molecule has 1 aliphatic heterocycles. The first-order valence-electron chi connectivity index (χ1n) is 6.37. The van der Waals surface area contributed by atoms with Crippen molar-refractivity contribution < 1.29 is 10.2 Å². The Morgan fingerprint density at radius 3 is 2.65 bits per heavy atom. The SMILES string of the molecule is CCN1CCC(O)C(Cc2ccc(O)cc2)C1. The van der Waals surface area contributed by atoms with Gasteiger partial charge >= 0.3 is 0 Å². The molecule has 1 saturated heterocycles. The molecule has 1 aromatic rings. The summed E-state index contributed by atoms with van der Waals surface area (Å²) < 4.78 is 0. The Balaban J connectivity index is 1.98. The minimum absolute atomic E-state index is 0.188. The highest BCUT2D eigenvalue weighted by Gasteiger charge is 2.26. The number of rotatable bonds is 3. The predicted molar refractivity (Wildman–Crippen MR) is 68.0 cm³/mol. The van der Waals surface area contributed by atoms with E-state index in [2.05, 4.69) is 11.8 Å². The molecule has 0 amide bonds. The number of hydrogen-bond donors (Lipinski definition) is 2. The summed E-state index contributed by atoms with van der Waals surface area (Å²) in [4.78, 5) is 2.39. The molecule has 2 atom stereocenters. The van der Waals surface area contributed by atoms with Crippen LogP contribution < -0.4 is 0 Å². The van der Waals surface area contributed by atoms with Crippen molar-refractivity contribution in [2.45, 2.75) is 25.9 Å². The van der Waals surface area contributed by atoms with Gasteiger partial charge in [-0.05, 0) is 37.1 Å². The van der Waals surface area contributed by atoms with Crippen molar-refractivity contribution in [3.8, 4) is 5.75 Å². The largest absolute Gasteiger partial charge is 0.508 e. The standard InChI is InChI=1S/C14H21NO2/c1-2-15-8-7-14(17)12(10-15)9-11-3-5-13(16)6-4-11/h3-6,12,14,16-17H,2,7-10H2,1H3. The Kier molecular flexibility index (Phi) is 4.02. The first-order valence-corrected chi connectivity index (χ1v) is 6.37. The van der Waals surface area contributed by atoms with Gasteiger partial charge in [0.1, 0.15) is 5.75 Å². The highest BCUT2D eigenvalue weighted by atomic mass is 16.3. The maximum Gasteiger partial charge on any atom is 0.115 e. The molecule has 1 aliphatic rings. The van der Waals surface area contributed by atoms with E-state index in [-0.39, 0.29) is 6.10 Å². The second-order valence-corrected chi connectivity index (χ2v) is 4.88. The minimum Gasteiger partial charge on any atom is -0.508 e. The zero-order chi connectivity index (χ0) is 12.3. The lowest BCUT2D eigenvalue weighted by molar-refractivity contribution is 0.0290. The van der Waals surface area contributed by atoms with Crippen molar-refractivity contribution in [3.63, 3.8) is 0 Å². The highest BCUT2D eigenvalue weighted by molar-refractivity contribution is 5.26. The quantitative estimate of drug-likeness (QED) is 0.837. The van der Waals surface area contributed by atoms with E-state index >= 15 is 0 Å². The number of hydrogen-bond acceptors (Lipinski definition) is 3. The van der Waals surface area contributed by atoms with Gasteiger partial charge in [-0.2, -0.15) is 0 Å². The summed E-state index contributed by atoms with van der Waals surface area (Å²) in [6.07, 6.45) is 1.57. The third-order valence-electron chi connectivity index (χ3n) is 3.66. The average Bonchev–Trinajstić information content (AvgIpc) is 2.35. The molecule has 0 bridgehead atoms. The monoisotopic (exact) mass is 235 g/mol. The molecule has 2 rings (SSSR count). The Hall–Kier alpha value is -1.06. The lowest BCUT2D eigenvalue weighted by atomic mass is 9.89. The van der Waals surface area contributed by atoms with Crippen LogP contribution in [-0.4, -0.2) is 40.9 Å². The van der Waals surface area contributed by atoms with Crippen molar-refractivity contribution in [1.29, 1.82) is 0 Å². The first kappa shape index (κ1) is 12.4. The molecule has 17 heavy (non-hydrogen) atoms. The summed E-state index contributed by atoms with van der Waals surface area (Å²) in [6.45, 7) is 5.19. The Bertz CT molecular complexity index is 350. The van der Waals surface area contributed by atoms with Crippen LogP contribution >= 0.6 is 0 Å². The molecule has 2 N–H and O–H groups in total. The summed E-state index contributed by atoms with van der Waals surface area (Å²) in [7, 11) is 0. The number of piperidine rings is 1. The van der Waals surface area contributed by atoms with E-state index in [0.717, 1.165) is 32.5 Å². The topological polar surface area (TPSA) is 43.7 Å². The van der Waals surface area contributed by atoms with Crippen LogP contribution in [0.15, 0.2) is 24.3 Å². The number of phenols is 1. The fourth-order valence-electron chi connectivity index (χ4n) is 2.52. The van der Waals surface area contributed by atoms with Crippen LogP contribution in [0.1, 0.15) is 18.9 Å². The van der Waals surface area contributed by atoms with E-state index in [1.54, 1.807) is 12.1 Å². The van der Waals surface area contributed by atoms with Crippen LogP contribution in [0.25, 0.3) is 0 Å². The van der Waals surface area contributed by atoms with E-state index < -0.39 is 0 Å². The maximum atomic E-state index is 10.0. The fraction of sp³-hybridized carbons (Fsp3) is 0.571. The van der Waals surface area contributed by atoms with Crippen LogP contribution in [0.2, 0.25) is 0 Å². The lowest BCUT2D eigenvalue weighted by Crippen LogP contribution is -2.43. The normalized spacial score (nSPS) is 26.0. The molecule has 0 aliphatic carbocycles. The predicted octanol–water partition coefficient (Wildman–Crippen LogP) is 1.64. The van der Waals surface area contributed by atoms with Gasteiger partial charge in [0.15, 0.2) is 0 Å². The molecule has 3 nitrogen and oxygen atoms in total. The van der Waals surface area contributed by atoms with E-state index in [0.29, 0.717) is 11.7 Å². The number of benzene rings is 1. The molecule has 94 valence electrons. The van der Waals surface area contributed by atoms with Crippen LogP contribution in [0.5, 0.6) is 5.75 Å². The summed E-state index contributed by atoms with van der Waals surface area (Å²) in [5, 5.41) is 19.3. The molecule has 2 unspecified atom stereocenters. The van der Waals surface area contributed by atoms with E-state index in [4.69, 9.17) is 0 Å². The summed E-state index contributed by atoms with van der Waals surface area (Å²) in [6, 6.07) is 7.30. The van der Waals surface area contributed by atoms with Gasteiger partial charge in [0.05, 0.1) is 6.10 Å². The van der Waals surface area contributed by atoms with Gasteiger partial charge in [-0.15, -0.1) is 0 Å². The number of aromatic hydroxyl groups is 1. The molecule has 0 aromatic heterocycles. The van der Waals surface area contributed by atoms with Crippen LogP contribution in [0.3, 0.4) is 0 Å². The molecule has 0 radical (unpaired) electrons. The van der Waals surface area contributed by atoms with Crippen LogP contribution in [-0.2, 0) is 6.42 Å². The zero-order valence-corrected chi connectivity index (χ0v) is 10.3. The Morgan fingerprint density at radius 2 is 2.00 bits per heavy atom. The van der Waals surface area contributed by atoms with Crippen molar-refractivity contribution in [2.75, 3.05) is 19.6 Å². The second kappa shape index (κ2) is 5.52. The molecule has 1 aromatic carbocycles. The summed E-state index contributed by atoms with van der Waals surface area (Å²) in [5.74, 6) is 0.612. The molecule has 1 heterocycles. The first-order chi connectivity index (χ1) is 8.19. The van der Waals surface area contributed by atoms with Gasteiger partial charge in [0.2, 0.25) is 0 Å². The lowest BCUT2D eigenvalue weighted by Gasteiger charge is -2.35. The van der Waals surface area contributed by atoms with Crippen molar-refractivity contribution in [3.05, 3.63) is 29.8 Å². The molecular formula is C14H21NO2. The number of nitrogens with zero attached hydrogens (tertiary/aromatic N) is 1. The van der Waals surface area contributed by atoms with Crippen LogP contribution in [0, 0.1) is 5.92 Å². The van der Waals surface area contributed by atoms with Crippen molar-refractivity contribution in [2.24, 2.45) is 5.92 Å². The van der Waals surface area contributed by atoms with Gasteiger partial charge in [-0.3, -0.25) is 0 Å². The van der Waals surface area contributed by atoms with Crippen LogP contribution in [0.4, 0.5) is 0 Å². The number of phenolic OH excluding ortho intramolecular Hbond substituents is 1. The van der Waals surface area contributed by atoms with E-state index in [9.17, 15) is 10.2 Å². The van der Waals surface area contributed by atoms with Gasteiger partial charge in [-0.1, -0.05) is 19.1 Å². The molecule has 1 fully saturated rings. The van der Waals surface area contributed by atoms with Crippen molar-refractivity contribution >= 4 is 0 Å². The highest BCUT2D eigenvalue weighted by Crippen LogP contribution is 2.22. The van der Waals surface area contributed by atoms with Gasteiger partial charge < -0.3 is 15.1 Å². The summed E-state index contributed by atoms with van der Waals surface area (Å²) in [5.41, 5.74) is 1.19. The van der Waals surface area contributed by atoms with Gasteiger partial charge in [0, 0.05) is 19.0 Å². The third-order valence-corrected chi connectivity index (χ3v) is 3.66. The van der Waals surface area contributed by atoms with Gasteiger partial charge in [0.25, 0.3) is 0 Å². The maximum absolute atomic E-state index is 10.0. The average molecular weight is 235 g/mol. The molecule has 0 spiro atoms. The van der Waals surface area contributed by atoms with E-state index in [1.807, 2.05) is 12.1 Å². The number of aliphatic hydroxyl groups is 1. The zero-order valence-electron chi connectivity index (χ0n) is 10.3.